The Bertz CT molecular complexity index is 991. The Morgan fingerprint density at radius 3 is 2.38 bits per heavy atom. The van der Waals surface area contributed by atoms with E-state index in [0.717, 1.165) is 22.6 Å². The highest BCUT2D eigenvalue weighted by atomic mass is 32.2. The minimum Gasteiger partial charge on any atom is -0.497 e. The van der Waals surface area contributed by atoms with Gasteiger partial charge in [-0.25, -0.2) is 0 Å². The van der Waals surface area contributed by atoms with E-state index in [9.17, 15) is 4.79 Å². The maximum Gasteiger partial charge on any atom is 0.316 e. The first-order valence-corrected chi connectivity index (χ1v) is 10.3. The number of hydrogen-bond donors (Lipinski definition) is 0. The number of rotatable bonds is 6. The van der Waals surface area contributed by atoms with Gasteiger partial charge >= 0.3 is 5.97 Å². The van der Waals surface area contributed by atoms with Crippen LogP contribution in [0.15, 0.2) is 53.7 Å². The molecule has 0 amide bonds. The molecule has 6 nitrogen and oxygen atoms in total. The molecule has 7 heteroatoms. The Hall–Kier alpha value is -2.80. The molecule has 0 spiro atoms. The van der Waals surface area contributed by atoms with Gasteiger partial charge in [0.15, 0.2) is 11.0 Å². The lowest BCUT2D eigenvalue weighted by Gasteiger charge is -2.19. The summed E-state index contributed by atoms with van der Waals surface area (Å²) in [6.07, 6.45) is 0. The topological polar surface area (TPSA) is 66.2 Å². The first-order chi connectivity index (χ1) is 13.8. The lowest BCUT2D eigenvalue weighted by atomic mass is 10.1. The summed E-state index contributed by atoms with van der Waals surface area (Å²) >= 11 is 1.31. The lowest BCUT2D eigenvalue weighted by Crippen LogP contribution is -2.25. The molecule has 0 aliphatic rings. The van der Waals surface area contributed by atoms with Crippen molar-refractivity contribution in [3.05, 3.63) is 54.1 Å². The molecule has 0 saturated carbocycles. The van der Waals surface area contributed by atoms with Crippen molar-refractivity contribution in [2.45, 2.75) is 38.5 Å². The number of esters is 1. The third-order valence-corrected chi connectivity index (χ3v) is 4.98. The standard InChI is InChI=1S/C22H25N3O3S/c1-15-8-6-7-9-18(15)25-20(16-10-12-17(27-5)13-11-16)23-24-21(25)29-14-19(26)28-22(2,3)4/h6-13H,14H2,1-5H3. The molecule has 29 heavy (non-hydrogen) atoms. The Kier molecular flexibility index (Phi) is 6.27. The largest absolute Gasteiger partial charge is 0.497 e. The zero-order valence-electron chi connectivity index (χ0n) is 17.3. The number of hydrogen-bond acceptors (Lipinski definition) is 6. The van der Waals surface area contributed by atoms with Gasteiger partial charge in [-0.2, -0.15) is 0 Å². The first-order valence-electron chi connectivity index (χ1n) is 9.29. The van der Waals surface area contributed by atoms with Crippen molar-refractivity contribution in [3.63, 3.8) is 0 Å². The molecule has 3 aromatic rings. The molecule has 3 rings (SSSR count). The average molecular weight is 412 g/mol. The van der Waals surface area contributed by atoms with Gasteiger partial charge in [-0.1, -0.05) is 30.0 Å². The quantitative estimate of drug-likeness (QED) is 0.433. The lowest BCUT2D eigenvalue weighted by molar-refractivity contribution is -0.151. The molecule has 2 aromatic carbocycles. The van der Waals surface area contributed by atoms with Gasteiger partial charge < -0.3 is 9.47 Å². The molecule has 0 N–H and O–H groups in total. The molecule has 1 aromatic heterocycles. The number of aryl methyl sites for hydroxylation is 1. The van der Waals surface area contributed by atoms with Crippen LogP contribution in [0.3, 0.4) is 0 Å². The molecule has 0 fully saturated rings. The number of para-hydroxylation sites is 1. The van der Waals surface area contributed by atoms with Crippen molar-refractivity contribution >= 4 is 17.7 Å². The third kappa shape index (κ3) is 5.17. The van der Waals surface area contributed by atoms with Gasteiger partial charge in [0.2, 0.25) is 0 Å². The van der Waals surface area contributed by atoms with Crippen molar-refractivity contribution in [3.8, 4) is 22.8 Å². The second-order valence-corrected chi connectivity index (χ2v) is 8.47. The molecular formula is C22H25N3O3S. The van der Waals surface area contributed by atoms with E-state index >= 15 is 0 Å². The summed E-state index contributed by atoms with van der Waals surface area (Å²) in [5.74, 6) is 1.35. The second kappa shape index (κ2) is 8.69. The molecule has 152 valence electrons. The highest BCUT2D eigenvalue weighted by molar-refractivity contribution is 7.99. The van der Waals surface area contributed by atoms with Crippen LogP contribution in [-0.2, 0) is 9.53 Å². The van der Waals surface area contributed by atoms with E-state index in [1.165, 1.54) is 11.8 Å². The van der Waals surface area contributed by atoms with Gasteiger partial charge in [-0.05, 0) is 63.6 Å². The van der Waals surface area contributed by atoms with Crippen LogP contribution in [0, 0.1) is 6.92 Å². The van der Waals surface area contributed by atoms with Crippen LogP contribution in [0.4, 0.5) is 0 Å². The first kappa shape index (κ1) is 20.9. The van der Waals surface area contributed by atoms with Gasteiger partial charge in [0.1, 0.15) is 11.4 Å². The number of ether oxygens (including phenoxy) is 2. The minimum atomic E-state index is -0.518. The van der Waals surface area contributed by atoms with Crippen molar-refractivity contribution in [1.29, 1.82) is 0 Å². The molecule has 1 heterocycles. The van der Waals surface area contributed by atoms with E-state index in [1.54, 1.807) is 7.11 Å². The molecule has 0 unspecified atom stereocenters. The van der Waals surface area contributed by atoms with E-state index < -0.39 is 5.60 Å². The van der Waals surface area contributed by atoms with Gasteiger partial charge in [0.25, 0.3) is 0 Å². The number of nitrogens with zero attached hydrogens (tertiary/aromatic N) is 3. The molecular weight excluding hydrogens is 386 g/mol. The highest BCUT2D eigenvalue weighted by Crippen LogP contribution is 2.30. The third-order valence-electron chi connectivity index (χ3n) is 4.08. The van der Waals surface area contributed by atoms with Crippen LogP contribution in [0.2, 0.25) is 0 Å². The summed E-state index contributed by atoms with van der Waals surface area (Å²) in [5, 5.41) is 9.40. The number of thioether (sulfide) groups is 1. The summed E-state index contributed by atoms with van der Waals surface area (Å²) in [6, 6.07) is 15.7. The smallest absolute Gasteiger partial charge is 0.316 e. The number of benzene rings is 2. The molecule has 0 aliphatic heterocycles. The van der Waals surface area contributed by atoms with E-state index in [-0.39, 0.29) is 11.7 Å². The van der Waals surface area contributed by atoms with Crippen molar-refractivity contribution in [2.24, 2.45) is 0 Å². The number of carbonyl (C=O) groups excluding carboxylic acids is 1. The van der Waals surface area contributed by atoms with Gasteiger partial charge in [0.05, 0.1) is 18.6 Å². The van der Waals surface area contributed by atoms with Crippen molar-refractivity contribution in [1.82, 2.24) is 14.8 Å². The van der Waals surface area contributed by atoms with Crippen LogP contribution in [-0.4, -0.2) is 39.2 Å². The Morgan fingerprint density at radius 2 is 1.76 bits per heavy atom. The fourth-order valence-corrected chi connectivity index (χ4v) is 3.53. The van der Waals surface area contributed by atoms with E-state index in [0.29, 0.717) is 11.0 Å². The predicted octanol–water partition coefficient (Wildman–Crippen LogP) is 4.69. The van der Waals surface area contributed by atoms with Gasteiger partial charge in [0, 0.05) is 5.56 Å². The number of methoxy groups -OCH3 is 1. The fourth-order valence-electron chi connectivity index (χ4n) is 2.82. The summed E-state index contributed by atoms with van der Waals surface area (Å²) in [6.45, 7) is 7.60. The van der Waals surface area contributed by atoms with Gasteiger partial charge in [-0.3, -0.25) is 9.36 Å². The van der Waals surface area contributed by atoms with Crippen LogP contribution in [0.5, 0.6) is 5.75 Å². The average Bonchev–Trinajstić information content (AvgIpc) is 3.09. The van der Waals surface area contributed by atoms with Crippen molar-refractivity contribution in [2.75, 3.05) is 12.9 Å². The minimum absolute atomic E-state index is 0.157. The summed E-state index contributed by atoms with van der Waals surface area (Å²) in [7, 11) is 1.64. The summed E-state index contributed by atoms with van der Waals surface area (Å²) in [5.41, 5.74) is 2.44. The maximum atomic E-state index is 12.2. The molecule has 0 atom stereocenters. The van der Waals surface area contributed by atoms with E-state index in [1.807, 2.05) is 80.8 Å². The molecule has 0 saturated heterocycles. The Balaban J connectivity index is 1.97. The predicted molar refractivity (Wildman–Crippen MR) is 115 cm³/mol. The van der Waals surface area contributed by atoms with Crippen LogP contribution in [0.1, 0.15) is 26.3 Å². The Morgan fingerprint density at radius 1 is 1.07 bits per heavy atom. The van der Waals surface area contributed by atoms with Crippen LogP contribution in [0.25, 0.3) is 17.1 Å². The molecule has 0 aliphatic carbocycles. The SMILES string of the molecule is COc1ccc(-c2nnc(SCC(=O)OC(C)(C)C)n2-c2ccccc2C)cc1. The normalized spacial score (nSPS) is 11.3. The van der Waals surface area contributed by atoms with E-state index in [4.69, 9.17) is 9.47 Å². The monoisotopic (exact) mass is 411 g/mol. The summed E-state index contributed by atoms with van der Waals surface area (Å²) in [4.78, 5) is 12.2. The van der Waals surface area contributed by atoms with Crippen molar-refractivity contribution < 1.29 is 14.3 Å². The zero-order chi connectivity index (χ0) is 21.0. The van der Waals surface area contributed by atoms with E-state index in [2.05, 4.69) is 10.2 Å². The number of aromatic nitrogens is 3. The molecule has 0 radical (unpaired) electrons. The van der Waals surface area contributed by atoms with Crippen LogP contribution >= 0.6 is 11.8 Å². The Labute approximate surface area is 175 Å². The maximum absolute atomic E-state index is 12.2. The zero-order valence-corrected chi connectivity index (χ0v) is 18.1. The number of carbonyl (C=O) groups is 1. The highest BCUT2D eigenvalue weighted by Gasteiger charge is 2.21. The van der Waals surface area contributed by atoms with Crippen LogP contribution < -0.4 is 4.74 Å². The second-order valence-electron chi connectivity index (χ2n) is 7.53. The fraction of sp³-hybridized carbons (Fsp3) is 0.318. The summed E-state index contributed by atoms with van der Waals surface area (Å²) < 4.78 is 12.6. The van der Waals surface area contributed by atoms with Gasteiger partial charge in [-0.15, -0.1) is 10.2 Å². The molecule has 0 bridgehead atoms.